The summed E-state index contributed by atoms with van der Waals surface area (Å²) in [7, 11) is 0. The minimum Gasteiger partial charge on any atom is -0.368 e. The van der Waals surface area contributed by atoms with Crippen molar-refractivity contribution in [1.29, 1.82) is 0 Å². The molecular formula is C17H22N6. The summed E-state index contributed by atoms with van der Waals surface area (Å²) in [5.74, 6) is 1.42. The Labute approximate surface area is 136 Å². The number of aromatic nitrogens is 3. The summed E-state index contributed by atoms with van der Waals surface area (Å²) in [5, 5.41) is 11.1. The van der Waals surface area contributed by atoms with Crippen LogP contribution >= 0.6 is 0 Å². The van der Waals surface area contributed by atoms with Gasteiger partial charge in [0.05, 0.1) is 6.20 Å². The predicted molar refractivity (Wildman–Crippen MR) is 94.1 cm³/mol. The average Bonchev–Trinajstić information content (AvgIpc) is 2.60. The molecule has 3 rings (SSSR count). The summed E-state index contributed by atoms with van der Waals surface area (Å²) in [6, 6.07) is 8.65. The molecule has 0 aliphatic carbocycles. The zero-order valence-corrected chi connectivity index (χ0v) is 13.4. The molecule has 0 bridgehead atoms. The molecule has 1 aromatic heterocycles. The third kappa shape index (κ3) is 3.77. The van der Waals surface area contributed by atoms with E-state index < -0.39 is 0 Å². The minimum atomic E-state index is 0.545. The Morgan fingerprint density at radius 1 is 1.22 bits per heavy atom. The van der Waals surface area contributed by atoms with Crippen LogP contribution in [0.5, 0.6) is 0 Å². The van der Waals surface area contributed by atoms with Crippen LogP contribution in [0.15, 0.2) is 43.1 Å². The molecule has 2 heterocycles. The molecule has 6 heteroatoms. The van der Waals surface area contributed by atoms with Crippen molar-refractivity contribution in [1.82, 2.24) is 15.2 Å². The molecule has 1 aromatic carbocycles. The van der Waals surface area contributed by atoms with Crippen molar-refractivity contribution >= 4 is 17.5 Å². The third-order valence-corrected chi connectivity index (χ3v) is 3.92. The Morgan fingerprint density at radius 2 is 2.00 bits per heavy atom. The van der Waals surface area contributed by atoms with Crippen molar-refractivity contribution in [3.63, 3.8) is 0 Å². The lowest BCUT2D eigenvalue weighted by Gasteiger charge is -2.36. The molecule has 0 radical (unpaired) electrons. The van der Waals surface area contributed by atoms with Gasteiger partial charge in [-0.1, -0.05) is 18.2 Å². The molecule has 6 nitrogen and oxygen atoms in total. The van der Waals surface area contributed by atoms with Gasteiger partial charge in [-0.05, 0) is 24.6 Å². The lowest BCUT2D eigenvalue weighted by Crippen LogP contribution is -2.47. The van der Waals surface area contributed by atoms with Crippen LogP contribution in [0.25, 0.3) is 0 Å². The SMILES string of the molecule is C=CCNc1nncc(N2CCN(c3cccc(C)c3)CC2)n1. The van der Waals surface area contributed by atoms with Crippen molar-refractivity contribution in [2.75, 3.05) is 47.8 Å². The molecule has 1 fully saturated rings. The largest absolute Gasteiger partial charge is 0.368 e. The maximum Gasteiger partial charge on any atom is 0.244 e. The van der Waals surface area contributed by atoms with Gasteiger partial charge in [-0.3, -0.25) is 0 Å². The van der Waals surface area contributed by atoms with Crippen molar-refractivity contribution in [3.05, 3.63) is 48.7 Å². The van der Waals surface area contributed by atoms with Crippen LogP contribution in [0.3, 0.4) is 0 Å². The van der Waals surface area contributed by atoms with Gasteiger partial charge in [-0.2, -0.15) is 10.1 Å². The Hall–Kier alpha value is -2.63. The second-order valence-electron chi connectivity index (χ2n) is 5.62. The number of rotatable bonds is 5. The maximum absolute atomic E-state index is 4.52. The third-order valence-electron chi connectivity index (χ3n) is 3.92. The van der Waals surface area contributed by atoms with Crippen LogP contribution in [0.1, 0.15) is 5.56 Å². The smallest absolute Gasteiger partial charge is 0.244 e. The maximum atomic E-state index is 4.52. The van der Waals surface area contributed by atoms with E-state index in [2.05, 4.69) is 68.1 Å². The molecular weight excluding hydrogens is 288 g/mol. The van der Waals surface area contributed by atoms with Gasteiger partial charge in [0.2, 0.25) is 5.95 Å². The number of nitrogens with one attached hydrogen (secondary N) is 1. The van der Waals surface area contributed by atoms with Gasteiger partial charge < -0.3 is 15.1 Å². The number of nitrogens with zero attached hydrogens (tertiary/aromatic N) is 5. The average molecular weight is 310 g/mol. The summed E-state index contributed by atoms with van der Waals surface area (Å²) < 4.78 is 0. The second kappa shape index (κ2) is 7.09. The highest BCUT2D eigenvalue weighted by molar-refractivity contribution is 5.51. The fourth-order valence-electron chi connectivity index (χ4n) is 2.70. The lowest BCUT2D eigenvalue weighted by molar-refractivity contribution is 0.644. The van der Waals surface area contributed by atoms with Gasteiger partial charge in [0, 0.05) is 38.4 Å². The summed E-state index contributed by atoms with van der Waals surface area (Å²) in [5.41, 5.74) is 2.58. The van der Waals surface area contributed by atoms with Crippen LogP contribution in [0.4, 0.5) is 17.5 Å². The van der Waals surface area contributed by atoms with E-state index in [1.807, 2.05) is 0 Å². The number of benzene rings is 1. The molecule has 0 atom stereocenters. The summed E-state index contributed by atoms with van der Waals surface area (Å²) in [4.78, 5) is 9.18. The first-order valence-corrected chi connectivity index (χ1v) is 7.87. The molecule has 1 N–H and O–H groups in total. The fraction of sp³-hybridized carbons (Fsp3) is 0.353. The monoisotopic (exact) mass is 310 g/mol. The van der Waals surface area contributed by atoms with Crippen LogP contribution in [0, 0.1) is 6.92 Å². The zero-order valence-electron chi connectivity index (χ0n) is 13.4. The Kier molecular flexibility index (Phi) is 4.71. The zero-order chi connectivity index (χ0) is 16.1. The fourth-order valence-corrected chi connectivity index (χ4v) is 2.70. The highest BCUT2D eigenvalue weighted by Crippen LogP contribution is 2.20. The molecule has 1 saturated heterocycles. The molecule has 1 aliphatic heterocycles. The van der Waals surface area contributed by atoms with Gasteiger partial charge in [0.15, 0.2) is 5.82 Å². The Morgan fingerprint density at radius 3 is 2.74 bits per heavy atom. The Bertz CT molecular complexity index is 664. The number of aryl methyl sites for hydroxylation is 1. The molecule has 1 aliphatic rings. The highest BCUT2D eigenvalue weighted by atomic mass is 15.3. The predicted octanol–water partition coefficient (Wildman–Crippen LogP) is 2.10. The molecule has 120 valence electrons. The first kappa shape index (κ1) is 15.3. The van der Waals surface area contributed by atoms with Crippen LogP contribution < -0.4 is 15.1 Å². The minimum absolute atomic E-state index is 0.545. The van der Waals surface area contributed by atoms with E-state index in [1.54, 1.807) is 12.3 Å². The van der Waals surface area contributed by atoms with E-state index in [9.17, 15) is 0 Å². The Balaban J connectivity index is 1.63. The highest BCUT2D eigenvalue weighted by Gasteiger charge is 2.19. The van der Waals surface area contributed by atoms with Crippen LogP contribution in [-0.2, 0) is 0 Å². The van der Waals surface area contributed by atoms with Gasteiger partial charge >= 0.3 is 0 Å². The van der Waals surface area contributed by atoms with Crippen LogP contribution in [0.2, 0.25) is 0 Å². The van der Waals surface area contributed by atoms with E-state index in [1.165, 1.54) is 11.3 Å². The number of piperazine rings is 1. The van der Waals surface area contributed by atoms with Crippen LogP contribution in [-0.4, -0.2) is 47.9 Å². The molecule has 0 amide bonds. The van der Waals surface area contributed by atoms with Crippen molar-refractivity contribution in [2.24, 2.45) is 0 Å². The van der Waals surface area contributed by atoms with E-state index in [0.29, 0.717) is 12.5 Å². The summed E-state index contributed by atoms with van der Waals surface area (Å²) in [6.07, 6.45) is 3.50. The number of anilines is 3. The molecule has 23 heavy (non-hydrogen) atoms. The van der Waals surface area contributed by atoms with Crippen molar-refractivity contribution < 1.29 is 0 Å². The molecule has 0 unspecified atom stereocenters. The van der Waals surface area contributed by atoms with Gasteiger partial charge in [-0.15, -0.1) is 11.7 Å². The summed E-state index contributed by atoms with van der Waals surface area (Å²) in [6.45, 7) is 10.2. The first-order valence-electron chi connectivity index (χ1n) is 7.87. The van der Waals surface area contributed by atoms with E-state index in [-0.39, 0.29) is 0 Å². The van der Waals surface area contributed by atoms with E-state index >= 15 is 0 Å². The van der Waals surface area contributed by atoms with Gasteiger partial charge in [-0.25, -0.2) is 0 Å². The summed E-state index contributed by atoms with van der Waals surface area (Å²) >= 11 is 0. The molecule has 0 saturated carbocycles. The van der Waals surface area contributed by atoms with Gasteiger partial charge in [0.1, 0.15) is 0 Å². The van der Waals surface area contributed by atoms with Gasteiger partial charge in [0.25, 0.3) is 0 Å². The topological polar surface area (TPSA) is 57.2 Å². The van der Waals surface area contributed by atoms with Crippen molar-refractivity contribution in [2.45, 2.75) is 6.92 Å². The normalized spacial score (nSPS) is 14.7. The van der Waals surface area contributed by atoms with E-state index in [4.69, 9.17) is 0 Å². The standard InChI is InChI=1S/C17H22N6/c1-3-7-18-17-20-16(13-19-21-17)23-10-8-22(9-11-23)15-6-4-5-14(2)12-15/h3-6,12-13H,1,7-11H2,2H3,(H,18,20,21). The van der Waals surface area contributed by atoms with E-state index in [0.717, 1.165) is 32.0 Å². The second-order valence-corrected chi connectivity index (χ2v) is 5.62. The van der Waals surface area contributed by atoms with Crippen molar-refractivity contribution in [3.8, 4) is 0 Å². The number of hydrogen-bond donors (Lipinski definition) is 1. The quantitative estimate of drug-likeness (QED) is 0.854. The first-order chi connectivity index (χ1) is 11.3. The molecule has 0 spiro atoms. The number of hydrogen-bond acceptors (Lipinski definition) is 6. The lowest BCUT2D eigenvalue weighted by atomic mass is 10.2. The molecule has 2 aromatic rings.